The molecule has 2 N–H and O–H groups in total. The number of benzene rings is 2. The van der Waals surface area contributed by atoms with Crippen LogP contribution in [0.4, 0.5) is 18.9 Å². The fourth-order valence-corrected chi connectivity index (χ4v) is 3.82. The predicted octanol–water partition coefficient (Wildman–Crippen LogP) is 5.77. The molecular formula is C22H24ClF3N2O2. The Kier molecular flexibility index (Phi) is 7.13. The second-order valence-corrected chi connectivity index (χ2v) is 7.90. The molecule has 162 valence electrons. The highest BCUT2D eigenvalue weighted by atomic mass is 35.5. The van der Waals surface area contributed by atoms with E-state index in [9.17, 15) is 18.0 Å². The third kappa shape index (κ3) is 5.81. The molecule has 0 unspecified atom stereocenters. The van der Waals surface area contributed by atoms with Gasteiger partial charge in [0.2, 0.25) is 0 Å². The topological polar surface area (TPSA) is 50.4 Å². The highest BCUT2D eigenvalue weighted by molar-refractivity contribution is 6.33. The van der Waals surface area contributed by atoms with Gasteiger partial charge in [-0.25, -0.2) is 0 Å². The third-order valence-corrected chi connectivity index (χ3v) is 5.73. The summed E-state index contributed by atoms with van der Waals surface area (Å²) in [4.78, 5) is 12.5. The molecule has 30 heavy (non-hydrogen) atoms. The van der Waals surface area contributed by atoms with Crippen molar-refractivity contribution < 1.29 is 22.7 Å². The van der Waals surface area contributed by atoms with Crippen molar-refractivity contribution in [2.24, 2.45) is 5.92 Å². The molecule has 0 bridgehead atoms. The van der Waals surface area contributed by atoms with Crippen LogP contribution < -0.4 is 15.4 Å². The Labute approximate surface area is 178 Å². The summed E-state index contributed by atoms with van der Waals surface area (Å²) in [7, 11) is 1.63. The van der Waals surface area contributed by atoms with Crippen molar-refractivity contribution in [3.05, 3.63) is 58.6 Å². The Balaban J connectivity index is 1.49. The zero-order valence-electron chi connectivity index (χ0n) is 16.6. The summed E-state index contributed by atoms with van der Waals surface area (Å²) in [6, 6.07) is 10.4. The van der Waals surface area contributed by atoms with Crippen LogP contribution in [0.15, 0.2) is 42.5 Å². The van der Waals surface area contributed by atoms with Crippen LogP contribution in [0, 0.1) is 5.92 Å². The number of carbonyl (C=O) groups excluding carboxylic acids is 1. The van der Waals surface area contributed by atoms with Crippen molar-refractivity contribution in [3.63, 3.8) is 0 Å². The molecule has 1 amide bonds. The van der Waals surface area contributed by atoms with Crippen LogP contribution >= 0.6 is 11.6 Å². The van der Waals surface area contributed by atoms with Crippen LogP contribution in [0.1, 0.15) is 41.6 Å². The first-order valence-corrected chi connectivity index (χ1v) is 10.2. The number of halogens is 4. The molecule has 8 heteroatoms. The predicted molar refractivity (Wildman–Crippen MR) is 111 cm³/mol. The van der Waals surface area contributed by atoms with Gasteiger partial charge >= 0.3 is 6.18 Å². The Morgan fingerprint density at radius 2 is 1.77 bits per heavy atom. The maximum atomic E-state index is 12.9. The maximum absolute atomic E-state index is 12.9. The van der Waals surface area contributed by atoms with E-state index in [4.69, 9.17) is 16.3 Å². The molecular weight excluding hydrogens is 417 g/mol. The zero-order valence-corrected chi connectivity index (χ0v) is 17.3. The molecule has 0 heterocycles. The van der Waals surface area contributed by atoms with Gasteiger partial charge in [-0.2, -0.15) is 13.2 Å². The number of methoxy groups -OCH3 is 1. The van der Waals surface area contributed by atoms with E-state index in [1.165, 1.54) is 0 Å². The largest absolute Gasteiger partial charge is 0.497 e. The Morgan fingerprint density at radius 1 is 1.10 bits per heavy atom. The Morgan fingerprint density at radius 3 is 2.37 bits per heavy atom. The molecule has 1 aliphatic rings. The summed E-state index contributed by atoms with van der Waals surface area (Å²) in [5.41, 5.74) is -0.00873. The summed E-state index contributed by atoms with van der Waals surface area (Å²) < 4.78 is 43.9. The average molecular weight is 441 g/mol. The molecule has 0 atom stereocenters. The fourth-order valence-electron chi connectivity index (χ4n) is 3.62. The van der Waals surface area contributed by atoms with Gasteiger partial charge in [0.1, 0.15) is 5.75 Å². The second kappa shape index (κ2) is 9.60. The number of anilines is 1. The first-order chi connectivity index (χ1) is 14.3. The molecule has 0 aliphatic heterocycles. The van der Waals surface area contributed by atoms with Crippen LogP contribution in [0.3, 0.4) is 0 Å². The molecule has 3 rings (SSSR count). The van der Waals surface area contributed by atoms with Crippen LogP contribution in [0.25, 0.3) is 0 Å². The standard InChI is InChI=1S/C22H24ClF3N2O2/c1-30-18-9-7-16(8-10-18)27-13-14-2-5-17(6-3-14)28-21(29)19-12-15(22(24,25)26)4-11-20(19)23/h4,7-12,14,17,27H,2-3,5-6,13H2,1H3,(H,28,29)/t14-,17-. The number of hydrogen-bond donors (Lipinski definition) is 2. The van der Waals surface area contributed by atoms with Crippen molar-refractivity contribution in [1.82, 2.24) is 5.32 Å². The smallest absolute Gasteiger partial charge is 0.416 e. The number of carbonyl (C=O) groups is 1. The van der Waals surface area contributed by atoms with Crippen molar-refractivity contribution in [3.8, 4) is 5.75 Å². The summed E-state index contributed by atoms with van der Waals surface area (Å²) in [6.07, 6.45) is -1.13. The molecule has 2 aromatic carbocycles. The van der Waals surface area contributed by atoms with Crippen molar-refractivity contribution in [2.45, 2.75) is 37.9 Å². The van der Waals surface area contributed by atoms with E-state index < -0.39 is 17.6 Å². The monoisotopic (exact) mass is 440 g/mol. The Hall–Kier alpha value is -2.41. The number of ether oxygens (including phenoxy) is 1. The minimum Gasteiger partial charge on any atom is -0.497 e. The molecule has 1 fully saturated rings. The number of nitrogens with one attached hydrogen (secondary N) is 2. The fraction of sp³-hybridized carbons (Fsp3) is 0.409. The van der Waals surface area contributed by atoms with Crippen LogP contribution in [0.2, 0.25) is 5.02 Å². The minimum atomic E-state index is -4.52. The summed E-state index contributed by atoms with van der Waals surface area (Å²) in [6.45, 7) is 0.826. The SMILES string of the molecule is COc1ccc(NC[C@H]2CC[C@H](NC(=O)c3cc(C(F)(F)F)ccc3Cl)CC2)cc1. The minimum absolute atomic E-state index is 0.0119. The summed E-state index contributed by atoms with van der Waals surface area (Å²) in [5.74, 6) is 0.709. The van der Waals surface area contributed by atoms with E-state index in [2.05, 4.69) is 10.6 Å². The van der Waals surface area contributed by atoms with Crippen molar-refractivity contribution in [2.75, 3.05) is 19.0 Å². The van der Waals surface area contributed by atoms with Crippen LogP contribution in [-0.4, -0.2) is 25.6 Å². The lowest BCUT2D eigenvalue weighted by Gasteiger charge is -2.29. The number of alkyl halides is 3. The van der Waals surface area contributed by atoms with Gasteiger partial charge in [0.15, 0.2) is 0 Å². The normalized spacial score (nSPS) is 19.2. The maximum Gasteiger partial charge on any atom is 0.416 e. The Bertz CT molecular complexity index is 864. The quantitative estimate of drug-likeness (QED) is 0.599. The molecule has 2 aromatic rings. The lowest BCUT2D eigenvalue weighted by atomic mass is 9.86. The van der Waals surface area contributed by atoms with Gasteiger partial charge < -0.3 is 15.4 Å². The van der Waals surface area contributed by atoms with E-state index in [0.29, 0.717) is 5.92 Å². The molecule has 0 spiro atoms. The average Bonchev–Trinajstić information content (AvgIpc) is 2.73. The van der Waals surface area contributed by atoms with Gasteiger partial charge in [0.25, 0.3) is 5.91 Å². The molecule has 1 aliphatic carbocycles. The van der Waals surface area contributed by atoms with Crippen LogP contribution in [0.5, 0.6) is 5.75 Å². The second-order valence-electron chi connectivity index (χ2n) is 7.49. The first-order valence-electron chi connectivity index (χ1n) is 9.82. The van der Waals surface area contributed by atoms with Gasteiger partial charge in [0.05, 0.1) is 23.3 Å². The van der Waals surface area contributed by atoms with Gasteiger partial charge in [0, 0.05) is 18.3 Å². The van der Waals surface area contributed by atoms with E-state index >= 15 is 0 Å². The van der Waals surface area contributed by atoms with Gasteiger partial charge in [-0.3, -0.25) is 4.79 Å². The number of amides is 1. The van der Waals surface area contributed by atoms with E-state index in [1.807, 2.05) is 24.3 Å². The third-order valence-electron chi connectivity index (χ3n) is 5.41. The van der Waals surface area contributed by atoms with E-state index in [-0.39, 0.29) is 16.6 Å². The molecule has 1 saturated carbocycles. The summed E-state index contributed by atoms with van der Waals surface area (Å²) in [5, 5.41) is 6.26. The highest BCUT2D eigenvalue weighted by Crippen LogP contribution is 2.32. The van der Waals surface area contributed by atoms with Gasteiger partial charge in [-0.1, -0.05) is 11.6 Å². The lowest BCUT2D eigenvalue weighted by molar-refractivity contribution is -0.137. The van der Waals surface area contributed by atoms with Crippen molar-refractivity contribution >= 4 is 23.2 Å². The first kappa shape index (κ1) is 22.3. The molecule has 0 saturated heterocycles. The zero-order chi connectivity index (χ0) is 21.7. The molecule has 0 aromatic heterocycles. The van der Waals surface area contributed by atoms with Gasteiger partial charge in [-0.15, -0.1) is 0 Å². The molecule has 4 nitrogen and oxygen atoms in total. The van der Waals surface area contributed by atoms with E-state index in [1.54, 1.807) is 7.11 Å². The van der Waals surface area contributed by atoms with Gasteiger partial charge in [-0.05, 0) is 74.1 Å². The van der Waals surface area contributed by atoms with E-state index in [0.717, 1.165) is 61.9 Å². The highest BCUT2D eigenvalue weighted by Gasteiger charge is 2.32. The molecule has 0 radical (unpaired) electrons. The lowest BCUT2D eigenvalue weighted by Crippen LogP contribution is -2.38. The summed E-state index contributed by atoms with van der Waals surface area (Å²) >= 11 is 5.96. The van der Waals surface area contributed by atoms with Crippen molar-refractivity contribution in [1.29, 1.82) is 0 Å². The number of rotatable bonds is 6. The van der Waals surface area contributed by atoms with Crippen LogP contribution in [-0.2, 0) is 6.18 Å². The number of hydrogen-bond acceptors (Lipinski definition) is 3.